The number of halogens is 3. The molecule has 0 fully saturated rings. The molecule has 0 unspecified atom stereocenters. The van der Waals surface area contributed by atoms with Gasteiger partial charge in [0.2, 0.25) is 0 Å². The summed E-state index contributed by atoms with van der Waals surface area (Å²) < 4.78 is 41.9. The van der Waals surface area contributed by atoms with E-state index in [0.717, 1.165) is 0 Å². The van der Waals surface area contributed by atoms with Gasteiger partial charge in [0.05, 0.1) is 4.90 Å². The molecule has 0 aliphatic carbocycles. The summed E-state index contributed by atoms with van der Waals surface area (Å²) in [5.41, 5.74) is -5.19. The molecule has 1 aromatic rings. The number of pyridine rings is 1. The Balaban J connectivity index is 2.81. The number of carbonyl (C=O) groups is 1. The van der Waals surface area contributed by atoms with Crippen LogP contribution in [-0.4, -0.2) is 22.2 Å². The molecular weight excluding hydrogens is 281 g/mol. The van der Waals surface area contributed by atoms with E-state index in [9.17, 15) is 18.0 Å². The molecule has 4 nitrogen and oxygen atoms in total. The van der Waals surface area contributed by atoms with Crippen molar-refractivity contribution >= 4 is 23.7 Å². The van der Waals surface area contributed by atoms with Crippen molar-refractivity contribution in [3.05, 3.63) is 18.3 Å². The summed E-state index contributed by atoms with van der Waals surface area (Å²) in [6, 6.07) is 2.58. The van der Waals surface area contributed by atoms with Crippen LogP contribution in [0.2, 0.25) is 0 Å². The van der Waals surface area contributed by atoms with E-state index in [4.69, 9.17) is 4.74 Å². The molecule has 1 heterocycles. The van der Waals surface area contributed by atoms with E-state index in [2.05, 4.69) is 10.3 Å². The van der Waals surface area contributed by atoms with Crippen LogP contribution in [0.25, 0.3) is 0 Å². The molecule has 0 aromatic carbocycles. The minimum atomic E-state index is -4.45. The Labute approximate surface area is 112 Å². The van der Waals surface area contributed by atoms with Gasteiger partial charge in [0.15, 0.2) is 0 Å². The maximum absolute atomic E-state index is 12.3. The third kappa shape index (κ3) is 6.32. The number of nitrogens with zero attached hydrogens (tertiary/aromatic N) is 1. The number of hydrogen-bond donors (Lipinski definition) is 1. The topological polar surface area (TPSA) is 51.2 Å². The van der Waals surface area contributed by atoms with E-state index in [1.54, 1.807) is 20.8 Å². The first-order valence-corrected chi connectivity index (χ1v) is 6.09. The van der Waals surface area contributed by atoms with Gasteiger partial charge < -0.3 is 4.74 Å². The zero-order valence-corrected chi connectivity index (χ0v) is 11.4. The lowest BCUT2D eigenvalue weighted by Gasteiger charge is -2.20. The van der Waals surface area contributed by atoms with Crippen LogP contribution in [0.1, 0.15) is 20.8 Å². The number of ether oxygens (including phenoxy) is 1. The monoisotopic (exact) mass is 294 g/mol. The standard InChI is InChI=1S/C11H13F3N2O2S/c1-10(2,3)18-9(17)16-8-7(5-4-6-15-8)19-11(12,13)14/h4-6H,1-3H3,(H,15,16,17). The van der Waals surface area contributed by atoms with E-state index in [0.29, 0.717) is 0 Å². The Kier molecular flexibility index (Phi) is 4.67. The molecule has 0 spiro atoms. The van der Waals surface area contributed by atoms with Crippen molar-refractivity contribution in [1.29, 1.82) is 0 Å². The molecule has 1 N–H and O–H groups in total. The minimum Gasteiger partial charge on any atom is -0.444 e. The summed E-state index contributed by atoms with van der Waals surface area (Å²) in [5, 5.41) is 2.20. The largest absolute Gasteiger partial charge is 0.446 e. The summed E-state index contributed by atoms with van der Waals surface area (Å²) in [6.45, 7) is 4.95. The van der Waals surface area contributed by atoms with Crippen molar-refractivity contribution in [2.45, 2.75) is 36.8 Å². The average molecular weight is 294 g/mol. The number of alkyl halides is 3. The molecule has 106 valence electrons. The number of nitrogens with one attached hydrogen (secondary N) is 1. The summed E-state index contributed by atoms with van der Waals surface area (Å²) >= 11 is -0.345. The van der Waals surface area contributed by atoms with Crippen molar-refractivity contribution in [1.82, 2.24) is 4.98 Å². The fourth-order valence-corrected chi connectivity index (χ4v) is 1.69. The van der Waals surface area contributed by atoms with E-state index in [1.807, 2.05) is 0 Å². The fraction of sp³-hybridized carbons (Fsp3) is 0.455. The molecule has 0 atom stereocenters. The highest BCUT2D eigenvalue weighted by atomic mass is 32.2. The quantitative estimate of drug-likeness (QED) is 0.836. The Morgan fingerprint density at radius 2 is 2.00 bits per heavy atom. The lowest BCUT2D eigenvalue weighted by atomic mass is 10.2. The fourth-order valence-electron chi connectivity index (χ4n) is 1.09. The zero-order valence-electron chi connectivity index (χ0n) is 10.5. The van der Waals surface area contributed by atoms with Crippen LogP contribution in [0.3, 0.4) is 0 Å². The summed E-state index contributed by atoms with van der Waals surface area (Å²) in [7, 11) is 0. The summed E-state index contributed by atoms with van der Waals surface area (Å²) in [6.07, 6.45) is 0.433. The smallest absolute Gasteiger partial charge is 0.444 e. The van der Waals surface area contributed by atoms with Gasteiger partial charge in [-0.25, -0.2) is 9.78 Å². The molecule has 0 bridgehead atoms. The Morgan fingerprint density at radius 1 is 1.37 bits per heavy atom. The Morgan fingerprint density at radius 3 is 2.53 bits per heavy atom. The first kappa shape index (κ1) is 15.6. The molecule has 1 rings (SSSR count). The van der Waals surface area contributed by atoms with Crippen LogP contribution in [0.4, 0.5) is 23.8 Å². The van der Waals surface area contributed by atoms with E-state index in [1.165, 1.54) is 18.3 Å². The Bertz CT molecular complexity index is 458. The molecule has 0 aliphatic heterocycles. The highest BCUT2D eigenvalue weighted by molar-refractivity contribution is 8.00. The highest BCUT2D eigenvalue weighted by Crippen LogP contribution is 2.39. The third-order valence-corrected chi connectivity index (χ3v) is 2.40. The predicted molar refractivity (Wildman–Crippen MR) is 66.0 cm³/mol. The highest BCUT2D eigenvalue weighted by Gasteiger charge is 2.31. The van der Waals surface area contributed by atoms with Crippen molar-refractivity contribution in [2.75, 3.05) is 5.32 Å². The minimum absolute atomic E-state index is 0.181. The van der Waals surface area contributed by atoms with E-state index in [-0.39, 0.29) is 22.5 Å². The maximum atomic E-state index is 12.3. The van der Waals surface area contributed by atoms with Gasteiger partial charge in [0.25, 0.3) is 0 Å². The van der Waals surface area contributed by atoms with Crippen LogP contribution in [0.5, 0.6) is 0 Å². The number of hydrogen-bond acceptors (Lipinski definition) is 4. The molecule has 8 heteroatoms. The lowest BCUT2D eigenvalue weighted by molar-refractivity contribution is -0.0328. The van der Waals surface area contributed by atoms with Gasteiger partial charge in [-0.3, -0.25) is 5.32 Å². The van der Waals surface area contributed by atoms with Crippen LogP contribution >= 0.6 is 11.8 Å². The van der Waals surface area contributed by atoms with Gasteiger partial charge in [-0.05, 0) is 44.7 Å². The van der Waals surface area contributed by atoms with Crippen LogP contribution in [0.15, 0.2) is 23.2 Å². The van der Waals surface area contributed by atoms with Crippen molar-refractivity contribution in [2.24, 2.45) is 0 Å². The predicted octanol–water partition coefficient (Wildman–Crippen LogP) is 4.04. The normalized spacial score (nSPS) is 12.1. The molecule has 19 heavy (non-hydrogen) atoms. The zero-order chi connectivity index (χ0) is 14.7. The van der Waals surface area contributed by atoms with Crippen molar-refractivity contribution in [3.63, 3.8) is 0 Å². The number of amides is 1. The molecule has 1 aromatic heterocycles. The lowest BCUT2D eigenvalue weighted by Crippen LogP contribution is -2.27. The Hall–Kier alpha value is -1.44. The maximum Gasteiger partial charge on any atom is 0.446 e. The third-order valence-electron chi connectivity index (χ3n) is 1.62. The summed E-state index contributed by atoms with van der Waals surface area (Å²) in [4.78, 5) is 15.0. The molecule has 0 saturated carbocycles. The molecular formula is C11H13F3N2O2S. The molecule has 0 aliphatic rings. The second-order valence-electron chi connectivity index (χ2n) is 4.52. The number of carbonyl (C=O) groups excluding carboxylic acids is 1. The van der Waals surface area contributed by atoms with Crippen LogP contribution in [0, 0.1) is 0 Å². The first-order valence-electron chi connectivity index (χ1n) is 5.27. The van der Waals surface area contributed by atoms with Crippen LogP contribution < -0.4 is 5.32 Å². The molecule has 0 saturated heterocycles. The van der Waals surface area contributed by atoms with E-state index < -0.39 is 17.2 Å². The van der Waals surface area contributed by atoms with Gasteiger partial charge in [-0.1, -0.05) is 0 Å². The van der Waals surface area contributed by atoms with Gasteiger partial charge in [0.1, 0.15) is 11.4 Å². The van der Waals surface area contributed by atoms with Gasteiger partial charge in [0, 0.05) is 6.20 Å². The van der Waals surface area contributed by atoms with Gasteiger partial charge in [-0.2, -0.15) is 13.2 Å². The summed E-state index contributed by atoms with van der Waals surface area (Å²) in [5.74, 6) is -0.181. The van der Waals surface area contributed by atoms with Crippen molar-refractivity contribution < 1.29 is 22.7 Å². The number of thioether (sulfide) groups is 1. The number of anilines is 1. The number of aromatic nitrogens is 1. The first-order chi connectivity index (χ1) is 8.57. The average Bonchev–Trinajstić information content (AvgIpc) is 2.15. The van der Waals surface area contributed by atoms with Crippen molar-refractivity contribution in [3.8, 4) is 0 Å². The number of rotatable bonds is 2. The second-order valence-corrected chi connectivity index (χ2v) is 5.63. The molecule has 0 radical (unpaired) electrons. The van der Waals surface area contributed by atoms with E-state index >= 15 is 0 Å². The van der Waals surface area contributed by atoms with Gasteiger partial charge in [-0.15, -0.1) is 0 Å². The molecule has 1 amide bonds. The van der Waals surface area contributed by atoms with Crippen LogP contribution in [-0.2, 0) is 4.74 Å². The SMILES string of the molecule is CC(C)(C)OC(=O)Nc1ncccc1SC(F)(F)F. The second kappa shape index (κ2) is 5.68. The van der Waals surface area contributed by atoms with Gasteiger partial charge >= 0.3 is 11.6 Å².